The van der Waals surface area contributed by atoms with E-state index >= 15 is 0 Å². The van der Waals surface area contributed by atoms with E-state index in [4.69, 9.17) is 0 Å². The topological polar surface area (TPSA) is 66.5 Å². The lowest BCUT2D eigenvalue weighted by atomic mass is 10.2. The molecule has 1 atom stereocenters. The van der Waals surface area contributed by atoms with Crippen molar-refractivity contribution in [1.29, 1.82) is 0 Å². The molecule has 0 bridgehead atoms. The summed E-state index contributed by atoms with van der Waals surface area (Å²) in [4.78, 5) is 13.3. The third-order valence-electron chi connectivity index (χ3n) is 2.83. The van der Waals surface area contributed by atoms with Crippen molar-refractivity contribution >= 4 is 32.2 Å². The van der Waals surface area contributed by atoms with Crippen LogP contribution in [-0.4, -0.2) is 43.9 Å². The Hall–Kier alpha value is -1.08. The molecule has 17 heavy (non-hydrogen) atoms. The second kappa shape index (κ2) is 4.66. The third kappa shape index (κ3) is 2.98. The summed E-state index contributed by atoms with van der Waals surface area (Å²) in [6, 6.07) is 3.19. The van der Waals surface area contributed by atoms with Gasteiger partial charge < -0.3 is 4.90 Å². The van der Waals surface area contributed by atoms with Gasteiger partial charge in [-0.2, -0.15) is 0 Å². The van der Waals surface area contributed by atoms with Crippen molar-refractivity contribution in [3.63, 3.8) is 0 Å². The normalized spacial score (nSPS) is 22.3. The zero-order valence-corrected chi connectivity index (χ0v) is 11.1. The molecule has 1 aromatic heterocycles. The van der Waals surface area contributed by atoms with Gasteiger partial charge in [-0.25, -0.2) is 13.2 Å². The van der Waals surface area contributed by atoms with Gasteiger partial charge in [-0.15, -0.1) is 11.3 Å². The van der Waals surface area contributed by atoms with E-state index in [0.717, 1.165) is 5.00 Å². The molecule has 0 radical (unpaired) electrons. The van der Waals surface area contributed by atoms with Gasteiger partial charge in [-0.1, -0.05) is 0 Å². The lowest BCUT2D eigenvalue weighted by molar-refractivity contribution is 0.209. The summed E-state index contributed by atoms with van der Waals surface area (Å²) in [5.74, 6) is 0.246. The number of nitrogens with zero attached hydrogens (tertiary/aromatic N) is 1. The molecule has 1 unspecified atom stereocenters. The maximum Gasteiger partial charge on any atom is 0.322 e. The molecule has 0 spiro atoms. The molecule has 1 aliphatic rings. The summed E-state index contributed by atoms with van der Waals surface area (Å²) in [7, 11) is -1.32. The molecule has 1 aliphatic heterocycles. The van der Waals surface area contributed by atoms with Crippen molar-refractivity contribution in [2.75, 3.05) is 23.9 Å². The average Bonchev–Trinajstić information content (AvgIpc) is 2.86. The summed E-state index contributed by atoms with van der Waals surface area (Å²) in [6.07, 6.45) is 0.524. The number of urea groups is 1. The van der Waals surface area contributed by atoms with E-state index in [1.807, 2.05) is 17.5 Å². The number of hydrogen-bond donors (Lipinski definition) is 1. The molecule has 7 heteroatoms. The molecule has 1 fully saturated rings. The standard InChI is InChI=1S/C10H14N2O3S2/c1-12(8-4-6-17(14,15)7-8)10(13)11-9-3-2-5-16-9/h2-3,5,8H,4,6-7H2,1H3,(H,11,13). The average molecular weight is 274 g/mol. The van der Waals surface area contributed by atoms with Crippen molar-refractivity contribution < 1.29 is 13.2 Å². The summed E-state index contributed by atoms with van der Waals surface area (Å²) in [5, 5.41) is 5.37. The maximum atomic E-state index is 11.8. The van der Waals surface area contributed by atoms with E-state index in [0.29, 0.717) is 6.42 Å². The minimum atomic E-state index is -2.96. The molecular formula is C10H14N2O3S2. The first-order chi connectivity index (χ1) is 7.98. The van der Waals surface area contributed by atoms with Gasteiger partial charge in [0.1, 0.15) is 0 Å². The van der Waals surface area contributed by atoms with Crippen molar-refractivity contribution in [1.82, 2.24) is 4.90 Å². The molecule has 2 amide bonds. The zero-order chi connectivity index (χ0) is 12.5. The van der Waals surface area contributed by atoms with Crippen molar-refractivity contribution in [3.05, 3.63) is 17.5 Å². The number of hydrogen-bond acceptors (Lipinski definition) is 4. The first-order valence-electron chi connectivity index (χ1n) is 5.26. The van der Waals surface area contributed by atoms with Crippen LogP contribution in [0.25, 0.3) is 0 Å². The summed E-state index contributed by atoms with van der Waals surface area (Å²) in [6.45, 7) is 0. The van der Waals surface area contributed by atoms with Crippen LogP contribution in [-0.2, 0) is 9.84 Å². The Balaban J connectivity index is 1.96. The predicted molar refractivity (Wildman–Crippen MR) is 68.2 cm³/mol. The van der Waals surface area contributed by atoms with Crippen LogP contribution < -0.4 is 5.32 Å². The fraction of sp³-hybridized carbons (Fsp3) is 0.500. The highest BCUT2D eigenvalue weighted by atomic mass is 32.2. The summed E-state index contributed by atoms with van der Waals surface area (Å²) < 4.78 is 22.7. The Kier molecular flexibility index (Phi) is 3.39. The molecule has 2 rings (SSSR count). The quantitative estimate of drug-likeness (QED) is 0.886. The Morgan fingerprint density at radius 3 is 2.88 bits per heavy atom. The fourth-order valence-corrected chi connectivity index (χ4v) is 4.17. The SMILES string of the molecule is CN(C(=O)Nc1cccs1)C1CCS(=O)(=O)C1. The first-order valence-corrected chi connectivity index (χ1v) is 7.96. The molecule has 0 saturated carbocycles. The second-order valence-electron chi connectivity index (χ2n) is 4.08. The number of amides is 2. The Morgan fingerprint density at radius 1 is 1.59 bits per heavy atom. The van der Waals surface area contributed by atoms with E-state index < -0.39 is 9.84 Å². The number of carbonyl (C=O) groups excluding carboxylic acids is 1. The van der Waals surface area contributed by atoms with Gasteiger partial charge in [0.15, 0.2) is 9.84 Å². The Morgan fingerprint density at radius 2 is 2.35 bits per heavy atom. The first kappa shape index (κ1) is 12.4. The number of carbonyl (C=O) groups is 1. The maximum absolute atomic E-state index is 11.8. The number of rotatable bonds is 2. The van der Waals surface area contributed by atoms with Gasteiger partial charge in [0.2, 0.25) is 0 Å². The largest absolute Gasteiger partial charge is 0.324 e. The molecule has 2 heterocycles. The second-order valence-corrected chi connectivity index (χ2v) is 7.25. The number of nitrogens with one attached hydrogen (secondary N) is 1. The highest BCUT2D eigenvalue weighted by Gasteiger charge is 2.32. The molecular weight excluding hydrogens is 260 g/mol. The zero-order valence-electron chi connectivity index (χ0n) is 9.42. The number of thiophene rings is 1. The Labute approximate surface area is 104 Å². The number of anilines is 1. The monoisotopic (exact) mass is 274 g/mol. The van der Waals surface area contributed by atoms with E-state index in [1.165, 1.54) is 16.2 Å². The van der Waals surface area contributed by atoms with E-state index in [1.54, 1.807) is 7.05 Å². The van der Waals surface area contributed by atoms with Crippen LogP contribution in [0.4, 0.5) is 9.80 Å². The summed E-state index contributed by atoms with van der Waals surface area (Å²) in [5.41, 5.74) is 0. The lowest BCUT2D eigenvalue weighted by Crippen LogP contribution is -2.40. The van der Waals surface area contributed by atoms with Crippen molar-refractivity contribution in [2.45, 2.75) is 12.5 Å². The van der Waals surface area contributed by atoms with Gasteiger partial charge in [0, 0.05) is 13.1 Å². The highest BCUT2D eigenvalue weighted by molar-refractivity contribution is 7.91. The van der Waals surface area contributed by atoms with Crippen LogP contribution >= 0.6 is 11.3 Å². The third-order valence-corrected chi connectivity index (χ3v) is 5.36. The molecule has 0 aromatic carbocycles. The van der Waals surface area contributed by atoms with Crippen LogP contribution in [0.1, 0.15) is 6.42 Å². The molecule has 1 saturated heterocycles. The molecule has 1 aromatic rings. The lowest BCUT2D eigenvalue weighted by Gasteiger charge is -2.23. The van der Waals surface area contributed by atoms with Crippen molar-refractivity contribution in [3.8, 4) is 0 Å². The van der Waals surface area contributed by atoms with E-state index in [2.05, 4.69) is 5.32 Å². The van der Waals surface area contributed by atoms with Crippen molar-refractivity contribution in [2.24, 2.45) is 0 Å². The molecule has 1 N–H and O–H groups in total. The van der Waals surface area contributed by atoms with Crippen LogP contribution in [0.15, 0.2) is 17.5 Å². The van der Waals surface area contributed by atoms with Gasteiger partial charge in [0.25, 0.3) is 0 Å². The molecule has 94 valence electrons. The van der Waals surface area contributed by atoms with Crippen LogP contribution in [0, 0.1) is 0 Å². The molecule has 0 aliphatic carbocycles. The minimum absolute atomic E-state index is 0.0708. The van der Waals surface area contributed by atoms with Crippen LogP contribution in [0.3, 0.4) is 0 Å². The Bertz CT molecular complexity index is 496. The van der Waals surface area contributed by atoms with Crippen LogP contribution in [0.2, 0.25) is 0 Å². The van der Waals surface area contributed by atoms with E-state index in [9.17, 15) is 13.2 Å². The van der Waals surface area contributed by atoms with Gasteiger partial charge >= 0.3 is 6.03 Å². The van der Waals surface area contributed by atoms with Gasteiger partial charge in [-0.3, -0.25) is 5.32 Å². The smallest absolute Gasteiger partial charge is 0.322 e. The predicted octanol–water partition coefficient (Wildman–Crippen LogP) is 1.40. The van der Waals surface area contributed by atoms with Gasteiger partial charge in [0.05, 0.1) is 16.5 Å². The van der Waals surface area contributed by atoms with Crippen LogP contribution in [0.5, 0.6) is 0 Å². The van der Waals surface area contributed by atoms with Gasteiger partial charge in [-0.05, 0) is 23.9 Å². The molecule has 5 nitrogen and oxygen atoms in total. The minimum Gasteiger partial charge on any atom is -0.324 e. The highest BCUT2D eigenvalue weighted by Crippen LogP contribution is 2.19. The summed E-state index contributed by atoms with van der Waals surface area (Å²) >= 11 is 1.43. The fourth-order valence-electron chi connectivity index (χ4n) is 1.79. The van der Waals surface area contributed by atoms with E-state index in [-0.39, 0.29) is 23.6 Å². The number of sulfone groups is 1.